The highest BCUT2D eigenvalue weighted by Crippen LogP contribution is 2.15. The van der Waals surface area contributed by atoms with Gasteiger partial charge in [-0.1, -0.05) is 18.2 Å². The number of carboxylic acids is 1. The van der Waals surface area contributed by atoms with Crippen molar-refractivity contribution >= 4 is 11.9 Å². The molecule has 2 N–H and O–H groups in total. The van der Waals surface area contributed by atoms with Crippen LogP contribution in [0, 0.1) is 5.82 Å². The maximum Gasteiger partial charge on any atom is 0.326 e. The first kappa shape index (κ1) is 15.0. The Morgan fingerprint density at radius 1 is 1.24 bits per heavy atom. The van der Waals surface area contributed by atoms with Gasteiger partial charge in [-0.15, -0.1) is 0 Å². The fourth-order valence-corrected chi connectivity index (χ4v) is 2.10. The second kappa shape index (κ2) is 6.83. The van der Waals surface area contributed by atoms with E-state index in [9.17, 15) is 19.1 Å². The van der Waals surface area contributed by atoms with E-state index in [2.05, 4.69) is 5.32 Å². The van der Waals surface area contributed by atoms with Gasteiger partial charge in [0.2, 0.25) is 0 Å². The van der Waals surface area contributed by atoms with Gasteiger partial charge >= 0.3 is 5.97 Å². The smallest absolute Gasteiger partial charge is 0.326 e. The highest BCUT2D eigenvalue weighted by atomic mass is 19.1. The maximum absolute atomic E-state index is 12.8. The monoisotopic (exact) mass is 289 g/mol. The molecule has 1 aliphatic rings. The summed E-state index contributed by atoms with van der Waals surface area (Å²) in [7, 11) is 0. The molecule has 0 aromatic heterocycles. The van der Waals surface area contributed by atoms with Crippen LogP contribution < -0.4 is 5.32 Å². The van der Waals surface area contributed by atoms with E-state index in [4.69, 9.17) is 0 Å². The Bertz CT molecular complexity index is 590. The van der Waals surface area contributed by atoms with Crippen LogP contribution >= 0.6 is 0 Å². The second-order valence-electron chi connectivity index (χ2n) is 4.83. The minimum absolute atomic E-state index is 0.232. The molecule has 0 aliphatic heterocycles. The Morgan fingerprint density at radius 2 is 1.95 bits per heavy atom. The van der Waals surface area contributed by atoms with Gasteiger partial charge in [0.25, 0.3) is 5.91 Å². The molecule has 2 rings (SSSR count). The maximum atomic E-state index is 12.8. The van der Waals surface area contributed by atoms with Gasteiger partial charge in [0.1, 0.15) is 11.9 Å². The Labute approximate surface area is 122 Å². The topological polar surface area (TPSA) is 66.4 Å². The molecule has 0 saturated carbocycles. The van der Waals surface area contributed by atoms with Crippen LogP contribution in [0.5, 0.6) is 0 Å². The first-order valence-corrected chi connectivity index (χ1v) is 6.71. The average molecular weight is 289 g/mol. The number of aliphatic carboxylic acids is 1. The number of halogens is 1. The third-order valence-corrected chi connectivity index (χ3v) is 3.22. The van der Waals surface area contributed by atoms with E-state index in [0.717, 1.165) is 30.5 Å². The lowest BCUT2D eigenvalue weighted by Crippen LogP contribution is -2.41. The van der Waals surface area contributed by atoms with Crippen LogP contribution in [0.15, 0.2) is 48.1 Å². The quantitative estimate of drug-likeness (QED) is 0.875. The van der Waals surface area contributed by atoms with Crippen LogP contribution in [0.1, 0.15) is 29.6 Å². The van der Waals surface area contributed by atoms with E-state index >= 15 is 0 Å². The van der Waals surface area contributed by atoms with Crippen molar-refractivity contribution in [3.05, 3.63) is 59.4 Å². The highest BCUT2D eigenvalue weighted by Gasteiger charge is 2.21. The summed E-state index contributed by atoms with van der Waals surface area (Å²) in [5.74, 6) is -2.06. The SMILES string of the molecule is O=C(NC(CC1=CCCC=C1)C(=O)O)c1ccc(F)cc1. The molecule has 0 radical (unpaired) electrons. The third kappa shape index (κ3) is 4.27. The lowest BCUT2D eigenvalue weighted by atomic mass is 10.00. The van der Waals surface area contributed by atoms with Gasteiger partial charge in [-0.3, -0.25) is 4.79 Å². The minimum Gasteiger partial charge on any atom is -0.480 e. The molecule has 110 valence electrons. The summed E-state index contributed by atoms with van der Waals surface area (Å²) in [5.41, 5.74) is 1.13. The van der Waals surface area contributed by atoms with Crippen molar-refractivity contribution in [2.45, 2.75) is 25.3 Å². The molecule has 1 aliphatic carbocycles. The molecule has 1 unspecified atom stereocenters. The molecule has 1 atom stereocenters. The van der Waals surface area contributed by atoms with Gasteiger partial charge < -0.3 is 10.4 Å². The minimum atomic E-state index is -1.09. The Kier molecular flexibility index (Phi) is 4.87. The van der Waals surface area contributed by atoms with Gasteiger partial charge in [0.15, 0.2) is 0 Å². The Balaban J connectivity index is 2.03. The summed E-state index contributed by atoms with van der Waals surface area (Å²) in [6.07, 6.45) is 7.89. The molecule has 0 heterocycles. The largest absolute Gasteiger partial charge is 0.480 e. The van der Waals surface area contributed by atoms with Crippen LogP contribution in [0.2, 0.25) is 0 Å². The summed E-state index contributed by atoms with van der Waals surface area (Å²) in [4.78, 5) is 23.2. The first-order chi connectivity index (χ1) is 10.1. The summed E-state index contributed by atoms with van der Waals surface area (Å²) < 4.78 is 12.8. The molecule has 0 fully saturated rings. The van der Waals surface area contributed by atoms with Crippen LogP contribution in [0.4, 0.5) is 4.39 Å². The highest BCUT2D eigenvalue weighted by molar-refractivity contribution is 5.96. The number of carboxylic acid groups (broad SMARTS) is 1. The molecular weight excluding hydrogens is 273 g/mol. The summed E-state index contributed by atoms with van der Waals surface area (Å²) in [6, 6.07) is 3.97. The number of nitrogens with one attached hydrogen (secondary N) is 1. The van der Waals surface area contributed by atoms with Crippen molar-refractivity contribution in [2.24, 2.45) is 0 Å². The van der Waals surface area contributed by atoms with Crippen LogP contribution in [-0.4, -0.2) is 23.0 Å². The average Bonchev–Trinajstić information content (AvgIpc) is 2.48. The number of allylic oxidation sites excluding steroid dienone is 3. The molecule has 4 nitrogen and oxygen atoms in total. The molecular formula is C16H16FNO3. The molecule has 0 bridgehead atoms. The fraction of sp³-hybridized carbons (Fsp3) is 0.250. The van der Waals surface area contributed by atoms with E-state index < -0.39 is 23.7 Å². The fourth-order valence-electron chi connectivity index (χ4n) is 2.10. The molecule has 21 heavy (non-hydrogen) atoms. The number of hydrogen-bond acceptors (Lipinski definition) is 2. The second-order valence-corrected chi connectivity index (χ2v) is 4.83. The molecule has 1 aromatic carbocycles. The normalized spacial score (nSPS) is 15.2. The number of hydrogen-bond donors (Lipinski definition) is 2. The number of benzene rings is 1. The van der Waals surface area contributed by atoms with E-state index in [1.54, 1.807) is 0 Å². The van der Waals surface area contributed by atoms with Gasteiger partial charge in [-0.2, -0.15) is 0 Å². The lowest BCUT2D eigenvalue weighted by molar-refractivity contribution is -0.139. The van der Waals surface area contributed by atoms with Crippen molar-refractivity contribution in [3.63, 3.8) is 0 Å². The van der Waals surface area contributed by atoms with Crippen LogP contribution in [0.3, 0.4) is 0 Å². The van der Waals surface area contributed by atoms with Gasteiger partial charge in [0, 0.05) is 12.0 Å². The Morgan fingerprint density at radius 3 is 2.52 bits per heavy atom. The third-order valence-electron chi connectivity index (χ3n) is 3.22. The zero-order chi connectivity index (χ0) is 15.2. The standard InChI is InChI=1S/C16H16FNO3/c17-13-8-6-12(7-9-13)15(19)18-14(16(20)21)10-11-4-2-1-3-5-11/h2,4-9,14H,1,3,10H2,(H,18,19)(H,20,21). The predicted molar refractivity (Wildman–Crippen MR) is 76.4 cm³/mol. The van der Waals surface area contributed by atoms with E-state index in [1.807, 2.05) is 18.2 Å². The van der Waals surface area contributed by atoms with E-state index in [1.165, 1.54) is 12.1 Å². The van der Waals surface area contributed by atoms with Crippen LogP contribution in [0.25, 0.3) is 0 Å². The number of carbonyl (C=O) groups is 2. The molecule has 1 aromatic rings. The first-order valence-electron chi connectivity index (χ1n) is 6.71. The van der Waals surface area contributed by atoms with Crippen molar-refractivity contribution < 1.29 is 19.1 Å². The van der Waals surface area contributed by atoms with Crippen molar-refractivity contribution in [3.8, 4) is 0 Å². The van der Waals surface area contributed by atoms with E-state index in [-0.39, 0.29) is 12.0 Å². The van der Waals surface area contributed by atoms with Gasteiger partial charge in [-0.05, 0) is 42.7 Å². The zero-order valence-electron chi connectivity index (χ0n) is 11.4. The molecule has 5 heteroatoms. The molecule has 0 spiro atoms. The Hall–Kier alpha value is -2.43. The molecule has 0 saturated heterocycles. The number of amides is 1. The van der Waals surface area contributed by atoms with E-state index in [0.29, 0.717) is 0 Å². The van der Waals surface area contributed by atoms with Gasteiger partial charge in [-0.25, -0.2) is 9.18 Å². The van der Waals surface area contributed by atoms with Crippen molar-refractivity contribution in [1.29, 1.82) is 0 Å². The predicted octanol–water partition coefficient (Wildman–Crippen LogP) is 2.68. The van der Waals surface area contributed by atoms with Crippen molar-refractivity contribution in [2.75, 3.05) is 0 Å². The lowest BCUT2D eigenvalue weighted by Gasteiger charge is -2.16. The molecule has 1 amide bonds. The summed E-state index contributed by atoms with van der Waals surface area (Å²) in [5, 5.41) is 11.7. The number of rotatable bonds is 5. The summed E-state index contributed by atoms with van der Waals surface area (Å²) in [6.45, 7) is 0. The number of carbonyl (C=O) groups excluding carboxylic acids is 1. The summed E-state index contributed by atoms with van der Waals surface area (Å²) >= 11 is 0. The zero-order valence-corrected chi connectivity index (χ0v) is 11.4. The van der Waals surface area contributed by atoms with Gasteiger partial charge in [0.05, 0.1) is 0 Å². The van der Waals surface area contributed by atoms with Crippen LogP contribution in [-0.2, 0) is 4.79 Å². The van der Waals surface area contributed by atoms with Crippen molar-refractivity contribution in [1.82, 2.24) is 5.32 Å².